The third-order valence-corrected chi connectivity index (χ3v) is 17.3. The van der Waals surface area contributed by atoms with Gasteiger partial charge in [0.1, 0.15) is 19.0 Å². The highest BCUT2D eigenvalue weighted by Crippen LogP contribution is 2.68. The number of carbonyl (C=O) groups is 3. The van der Waals surface area contributed by atoms with E-state index in [0.717, 1.165) is 96.3 Å². The zero-order valence-electron chi connectivity index (χ0n) is 32.6. The summed E-state index contributed by atoms with van der Waals surface area (Å²) in [6.45, 7) is 6.72. The SMILES string of the molecule is CC(C)(C)C(=O)CCC12CC3CC(C1)C1(OCC(COC(=O)C45CC6CC(CC(O)(C6)C4)C5)(COC(=O)C45CC6CC(CC(O)(C6)C4)C5)CO1)C(C3)C2. The zero-order valence-corrected chi connectivity index (χ0v) is 32.6. The normalized spacial score (nSPS) is 52.7. The van der Waals surface area contributed by atoms with Crippen LogP contribution in [0.5, 0.6) is 0 Å². The van der Waals surface area contributed by atoms with Gasteiger partial charge in [-0.2, -0.15) is 0 Å². The van der Waals surface area contributed by atoms with Crippen molar-refractivity contribution >= 4 is 17.7 Å². The van der Waals surface area contributed by atoms with Crippen molar-refractivity contribution in [2.75, 3.05) is 26.4 Å². The Morgan fingerprint density at radius 1 is 0.623 bits per heavy atom. The molecule has 12 aliphatic carbocycles. The topological polar surface area (TPSA) is 129 Å². The van der Waals surface area contributed by atoms with E-state index < -0.39 is 33.2 Å². The van der Waals surface area contributed by atoms with Crippen molar-refractivity contribution in [1.29, 1.82) is 0 Å². The molecule has 0 aromatic rings. The molecule has 13 aliphatic rings. The smallest absolute Gasteiger partial charge is 0.312 e. The van der Waals surface area contributed by atoms with Crippen LogP contribution in [0.4, 0.5) is 0 Å². The molecule has 13 fully saturated rings. The molecule has 1 heterocycles. The molecular weight excluding hydrogens is 672 g/mol. The molecule has 53 heavy (non-hydrogen) atoms. The third kappa shape index (κ3) is 5.76. The van der Waals surface area contributed by atoms with Crippen LogP contribution in [-0.4, -0.2) is 71.4 Å². The van der Waals surface area contributed by atoms with E-state index in [0.29, 0.717) is 54.6 Å². The third-order valence-electron chi connectivity index (χ3n) is 17.3. The number of rotatable bonds is 9. The van der Waals surface area contributed by atoms with Crippen LogP contribution in [0.15, 0.2) is 0 Å². The number of hydrogen-bond donors (Lipinski definition) is 2. The maximum absolute atomic E-state index is 14.2. The van der Waals surface area contributed by atoms with Crippen molar-refractivity contribution in [3.05, 3.63) is 0 Å². The lowest BCUT2D eigenvalue weighted by molar-refractivity contribution is -0.393. The number of ether oxygens (including phenoxy) is 4. The minimum Gasteiger partial charge on any atom is -0.464 e. The molecule has 0 aromatic heterocycles. The van der Waals surface area contributed by atoms with Gasteiger partial charge in [0.05, 0.1) is 40.7 Å². The highest BCUT2D eigenvalue weighted by atomic mass is 16.7. The average molecular weight is 737 g/mol. The first-order valence-corrected chi connectivity index (χ1v) is 21.5. The van der Waals surface area contributed by atoms with Crippen LogP contribution in [0, 0.1) is 68.5 Å². The molecule has 1 spiro atoms. The number of Topliss-reactive ketones (excluding diaryl/α,β-unsaturated/α-hetero) is 1. The van der Waals surface area contributed by atoms with Crippen LogP contribution >= 0.6 is 0 Å². The molecule has 12 bridgehead atoms. The summed E-state index contributed by atoms with van der Waals surface area (Å²) >= 11 is 0. The van der Waals surface area contributed by atoms with Gasteiger partial charge in [0.25, 0.3) is 0 Å². The van der Waals surface area contributed by atoms with Gasteiger partial charge < -0.3 is 29.2 Å². The van der Waals surface area contributed by atoms with E-state index in [1.165, 1.54) is 6.42 Å². The molecule has 294 valence electrons. The van der Waals surface area contributed by atoms with Crippen molar-refractivity contribution in [2.45, 2.75) is 160 Å². The molecule has 6 unspecified atom stereocenters. The Balaban J connectivity index is 0.865. The monoisotopic (exact) mass is 736 g/mol. The molecule has 1 saturated heterocycles. The maximum atomic E-state index is 14.2. The molecule has 0 amide bonds. The Hall–Kier alpha value is -1.55. The predicted octanol–water partition coefficient (Wildman–Crippen LogP) is 6.69. The molecular formula is C44H64O9. The van der Waals surface area contributed by atoms with Crippen LogP contribution in [0.1, 0.15) is 143 Å². The minimum atomic E-state index is -0.847. The fourth-order valence-electron chi connectivity index (χ4n) is 16.1. The van der Waals surface area contributed by atoms with E-state index in [4.69, 9.17) is 18.9 Å². The highest BCUT2D eigenvalue weighted by molar-refractivity contribution is 5.83. The lowest BCUT2D eigenvalue weighted by atomic mass is 9.46. The summed E-state index contributed by atoms with van der Waals surface area (Å²) in [5, 5.41) is 22.8. The first kappa shape index (κ1) is 35.8. The van der Waals surface area contributed by atoms with E-state index in [2.05, 4.69) is 0 Å². The van der Waals surface area contributed by atoms with Crippen LogP contribution in [0.25, 0.3) is 0 Å². The van der Waals surface area contributed by atoms with Gasteiger partial charge in [-0.05, 0) is 151 Å². The summed E-state index contributed by atoms with van der Waals surface area (Å²) in [5.74, 6) is 1.81. The van der Waals surface area contributed by atoms with Crippen molar-refractivity contribution in [1.82, 2.24) is 0 Å². The summed E-state index contributed by atoms with van der Waals surface area (Å²) in [6, 6.07) is 0. The van der Waals surface area contributed by atoms with E-state index in [1.54, 1.807) is 0 Å². The Bertz CT molecular complexity index is 1440. The fraction of sp³-hybridized carbons (Fsp3) is 0.932. The fourth-order valence-corrected chi connectivity index (χ4v) is 16.1. The van der Waals surface area contributed by atoms with Crippen LogP contribution < -0.4 is 0 Å². The van der Waals surface area contributed by atoms with E-state index in [-0.39, 0.29) is 61.0 Å². The molecule has 2 N–H and O–H groups in total. The number of carbonyl (C=O) groups excluding carboxylic acids is 3. The van der Waals surface area contributed by atoms with Gasteiger partial charge in [-0.25, -0.2) is 0 Å². The van der Waals surface area contributed by atoms with Crippen LogP contribution in [0.3, 0.4) is 0 Å². The van der Waals surface area contributed by atoms with Gasteiger partial charge in [-0.3, -0.25) is 14.4 Å². The second-order valence-corrected chi connectivity index (χ2v) is 22.9. The van der Waals surface area contributed by atoms with Crippen molar-refractivity contribution < 1.29 is 43.5 Å². The predicted molar refractivity (Wildman–Crippen MR) is 193 cm³/mol. The Labute approximate surface area is 315 Å². The second kappa shape index (κ2) is 11.5. The van der Waals surface area contributed by atoms with Gasteiger partial charge in [0.2, 0.25) is 0 Å². The number of esters is 2. The quantitative estimate of drug-likeness (QED) is 0.249. The first-order valence-electron chi connectivity index (χ1n) is 21.5. The summed E-state index contributed by atoms with van der Waals surface area (Å²) < 4.78 is 26.7. The van der Waals surface area contributed by atoms with Gasteiger partial charge in [0, 0.05) is 23.7 Å². The van der Waals surface area contributed by atoms with Gasteiger partial charge >= 0.3 is 11.9 Å². The lowest BCUT2D eigenvalue weighted by Crippen LogP contribution is -2.67. The van der Waals surface area contributed by atoms with Crippen molar-refractivity contribution in [3.63, 3.8) is 0 Å². The molecule has 13 rings (SSSR count). The number of hydrogen-bond acceptors (Lipinski definition) is 9. The van der Waals surface area contributed by atoms with Crippen molar-refractivity contribution in [3.8, 4) is 0 Å². The van der Waals surface area contributed by atoms with Gasteiger partial charge in [-0.15, -0.1) is 0 Å². The Kier molecular flexibility index (Phi) is 7.79. The lowest BCUT2D eigenvalue weighted by Gasteiger charge is -2.66. The number of ketones is 1. The van der Waals surface area contributed by atoms with E-state index in [1.807, 2.05) is 20.8 Å². The molecule has 9 heteroatoms. The largest absolute Gasteiger partial charge is 0.464 e. The summed E-state index contributed by atoms with van der Waals surface area (Å²) in [4.78, 5) is 41.3. The summed E-state index contributed by atoms with van der Waals surface area (Å²) in [6.07, 6.45) is 16.4. The molecule has 12 saturated carbocycles. The molecule has 9 nitrogen and oxygen atoms in total. The summed E-state index contributed by atoms with van der Waals surface area (Å²) in [7, 11) is 0. The van der Waals surface area contributed by atoms with E-state index in [9.17, 15) is 24.6 Å². The van der Waals surface area contributed by atoms with Crippen LogP contribution in [0.2, 0.25) is 0 Å². The standard InChI is InChI=1S/C44H64O9/c1-37(2,3)34(45)4-5-38-10-27-8-32(19-38)44(33(9-27)20-38)52-25-39(26-53-44,23-50-35(46)40-11-28-6-29(12-40)16-42(48,15-28)21-40)24-51-36(47)41-13-30-7-31(14-41)18-43(49,17-30)22-41/h27-33,48-49H,4-26H2,1-3H3. The molecule has 0 aromatic carbocycles. The number of aliphatic hydroxyl groups is 2. The molecule has 0 radical (unpaired) electrons. The first-order chi connectivity index (χ1) is 24.9. The zero-order chi connectivity index (χ0) is 36.9. The Morgan fingerprint density at radius 2 is 1.08 bits per heavy atom. The van der Waals surface area contributed by atoms with E-state index >= 15 is 0 Å². The maximum Gasteiger partial charge on any atom is 0.312 e. The van der Waals surface area contributed by atoms with Gasteiger partial charge in [0.15, 0.2) is 5.79 Å². The summed E-state index contributed by atoms with van der Waals surface area (Å²) in [5.41, 5.74) is -3.82. The minimum absolute atomic E-state index is 0.0453. The van der Waals surface area contributed by atoms with Gasteiger partial charge in [-0.1, -0.05) is 20.8 Å². The molecule has 6 atom stereocenters. The van der Waals surface area contributed by atoms with Crippen molar-refractivity contribution in [2.24, 2.45) is 68.5 Å². The highest BCUT2D eigenvalue weighted by Gasteiger charge is 2.67. The average Bonchev–Trinajstić information content (AvgIpc) is 3.05. The Morgan fingerprint density at radius 3 is 1.49 bits per heavy atom. The molecule has 1 aliphatic heterocycles. The van der Waals surface area contributed by atoms with Crippen LogP contribution in [-0.2, 0) is 33.3 Å². The second-order valence-electron chi connectivity index (χ2n) is 22.9.